The van der Waals surface area contributed by atoms with Gasteiger partial charge in [0.15, 0.2) is 0 Å². The average Bonchev–Trinajstić information content (AvgIpc) is 2.46. The molecule has 1 aromatic rings. The Balaban J connectivity index is 2.33. The van der Waals surface area contributed by atoms with Crippen LogP contribution in [0, 0.1) is 0 Å². The number of aliphatic hydroxyl groups excluding tert-OH is 1. The topological polar surface area (TPSA) is 47.3 Å². The minimum absolute atomic E-state index is 0.0656. The molecule has 0 aromatic carbocycles. The molecule has 0 saturated heterocycles. The second kappa shape index (κ2) is 3.55. The molecular weight excluding hydrogens is 192 g/mol. The molecule has 2 heterocycles. The van der Waals surface area contributed by atoms with Crippen molar-refractivity contribution in [3.05, 3.63) is 10.7 Å². The molecule has 1 aromatic heterocycles. The number of nitrogens with zero attached hydrogens (tertiary/aromatic N) is 2. The molecule has 0 saturated carbocycles. The second-order valence-electron chi connectivity index (χ2n) is 2.96. The fourth-order valence-electron chi connectivity index (χ4n) is 1.41. The number of halogens is 1. The Morgan fingerprint density at radius 1 is 1.62 bits per heavy atom. The Bertz CT molecular complexity index is 311. The first-order chi connectivity index (χ1) is 6.33. The standard InChI is InChI=1S/C8H11ClN2O2/c9-7-6(2-4-12)10-11-3-1-5-13-8(7)11/h12H,1-5H2. The van der Waals surface area contributed by atoms with Crippen molar-refractivity contribution in [1.29, 1.82) is 0 Å². The quantitative estimate of drug-likeness (QED) is 0.774. The third-order valence-corrected chi connectivity index (χ3v) is 2.40. The van der Waals surface area contributed by atoms with Crippen LogP contribution in [-0.4, -0.2) is 28.1 Å². The molecule has 0 amide bonds. The molecule has 0 fully saturated rings. The zero-order valence-electron chi connectivity index (χ0n) is 7.16. The van der Waals surface area contributed by atoms with Gasteiger partial charge >= 0.3 is 0 Å². The summed E-state index contributed by atoms with van der Waals surface area (Å²) in [4.78, 5) is 0. The van der Waals surface area contributed by atoms with Gasteiger partial charge in [0.05, 0.1) is 12.3 Å². The predicted molar refractivity (Wildman–Crippen MR) is 48.1 cm³/mol. The van der Waals surface area contributed by atoms with Gasteiger partial charge in [0.25, 0.3) is 0 Å². The zero-order chi connectivity index (χ0) is 9.26. The van der Waals surface area contributed by atoms with Gasteiger partial charge in [-0.2, -0.15) is 5.10 Å². The summed E-state index contributed by atoms with van der Waals surface area (Å²) < 4.78 is 7.13. The highest BCUT2D eigenvalue weighted by molar-refractivity contribution is 6.32. The van der Waals surface area contributed by atoms with Crippen molar-refractivity contribution in [2.24, 2.45) is 0 Å². The summed E-state index contributed by atoms with van der Waals surface area (Å²) in [7, 11) is 0. The van der Waals surface area contributed by atoms with Crippen LogP contribution in [0.25, 0.3) is 0 Å². The number of aromatic nitrogens is 2. The molecule has 0 aliphatic carbocycles. The third-order valence-electron chi connectivity index (χ3n) is 2.02. The number of ether oxygens (including phenoxy) is 1. The fourth-order valence-corrected chi connectivity index (χ4v) is 1.69. The summed E-state index contributed by atoms with van der Waals surface area (Å²) in [5.74, 6) is 0.649. The van der Waals surface area contributed by atoms with E-state index in [0.29, 0.717) is 23.9 Å². The number of hydrogen-bond donors (Lipinski definition) is 1. The van der Waals surface area contributed by atoms with Crippen LogP contribution in [0.4, 0.5) is 0 Å². The van der Waals surface area contributed by atoms with Crippen molar-refractivity contribution in [3.63, 3.8) is 0 Å². The first-order valence-corrected chi connectivity index (χ1v) is 4.69. The third kappa shape index (κ3) is 1.51. The van der Waals surface area contributed by atoms with Crippen LogP contribution >= 0.6 is 11.6 Å². The molecule has 1 aliphatic rings. The molecule has 0 bridgehead atoms. The minimum atomic E-state index is 0.0656. The van der Waals surface area contributed by atoms with Crippen molar-refractivity contribution < 1.29 is 9.84 Å². The van der Waals surface area contributed by atoms with Gasteiger partial charge in [0, 0.05) is 26.0 Å². The van der Waals surface area contributed by atoms with Gasteiger partial charge in [-0.25, -0.2) is 4.68 Å². The SMILES string of the molecule is OCCc1nn2c(c1Cl)OCCC2. The number of fused-ring (bicyclic) bond motifs is 1. The van der Waals surface area contributed by atoms with Crippen LogP contribution in [0.1, 0.15) is 12.1 Å². The molecular formula is C8H11ClN2O2. The van der Waals surface area contributed by atoms with E-state index in [9.17, 15) is 0 Å². The Hall–Kier alpha value is -0.740. The molecule has 0 spiro atoms. The maximum atomic E-state index is 8.76. The Morgan fingerprint density at radius 3 is 3.15 bits per heavy atom. The molecule has 0 unspecified atom stereocenters. The fraction of sp³-hybridized carbons (Fsp3) is 0.625. The maximum absolute atomic E-state index is 8.76. The molecule has 0 atom stereocenters. The molecule has 0 radical (unpaired) electrons. The highest BCUT2D eigenvalue weighted by Gasteiger charge is 2.19. The van der Waals surface area contributed by atoms with E-state index in [2.05, 4.69) is 5.10 Å². The summed E-state index contributed by atoms with van der Waals surface area (Å²) in [6.45, 7) is 1.61. The van der Waals surface area contributed by atoms with Gasteiger partial charge in [-0.15, -0.1) is 0 Å². The van der Waals surface area contributed by atoms with Crippen molar-refractivity contribution in [3.8, 4) is 5.88 Å². The lowest BCUT2D eigenvalue weighted by molar-refractivity contribution is 0.230. The number of aryl methyl sites for hydroxylation is 1. The van der Waals surface area contributed by atoms with Gasteiger partial charge in [-0.3, -0.25) is 0 Å². The second-order valence-corrected chi connectivity index (χ2v) is 3.34. The van der Waals surface area contributed by atoms with E-state index >= 15 is 0 Å². The number of hydrogen-bond acceptors (Lipinski definition) is 3. The van der Waals surface area contributed by atoms with E-state index in [-0.39, 0.29) is 6.61 Å². The van der Waals surface area contributed by atoms with Crippen molar-refractivity contribution in [1.82, 2.24) is 9.78 Å². The van der Waals surface area contributed by atoms with Crippen LogP contribution < -0.4 is 4.74 Å². The molecule has 4 nitrogen and oxygen atoms in total. The van der Waals surface area contributed by atoms with Crippen LogP contribution in [0.5, 0.6) is 5.88 Å². The zero-order valence-corrected chi connectivity index (χ0v) is 7.92. The molecule has 13 heavy (non-hydrogen) atoms. The van der Waals surface area contributed by atoms with Gasteiger partial charge < -0.3 is 9.84 Å². The normalized spacial score (nSPS) is 15.2. The van der Waals surface area contributed by atoms with E-state index in [1.165, 1.54) is 0 Å². The lowest BCUT2D eigenvalue weighted by atomic mass is 10.3. The van der Waals surface area contributed by atoms with E-state index in [4.69, 9.17) is 21.4 Å². The van der Waals surface area contributed by atoms with Gasteiger partial charge in [-0.1, -0.05) is 11.6 Å². The average molecular weight is 203 g/mol. The molecule has 1 aliphatic heterocycles. The van der Waals surface area contributed by atoms with E-state index < -0.39 is 0 Å². The van der Waals surface area contributed by atoms with Crippen LogP contribution in [0.15, 0.2) is 0 Å². The Morgan fingerprint density at radius 2 is 2.46 bits per heavy atom. The van der Waals surface area contributed by atoms with Crippen molar-refractivity contribution >= 4 is 11.6 Å². The van der Waals surface area contributed by atoms with Crippen molar-refractivity contribution in [2.75, 3.05) is 13.2 Å². The van der Waals surface area contributed by atoms with E-state index in [0.717, 1.165) is 18.7 Å². The molecule has 2 rings (SSSR count). The Kier molecular flexibility index (Phi) is 2.42. The lowest BCUT2D eigenvalue weighted by Crippen LogP contribution is -2.14. The van der Waals surface area contributed by atoms with Crippen molar-refractivity contribution in [2.45, 2.75) is 19.4 Å². The maximum Gasteiger partial charge on any atom is 0.231 e. The highest BCUT2D eigenvalue weighted by atomic mass is 35.5. The van der Waals surface area contributed by atoms with Crippen LogP contribution in [-0.2, 0) is 13.0 Å². The first kappa shape index (κ1) is 8.84. The summed E-state index contributed by atoms with van der Waals surface area (Å²) in [5, 5.41) is 13.5. The molecule has 1 N–H and O–H groups in total. The predicted octanol–water partition coefficient (Wildman–Crippen LogP) is 0.854. The molecule has 72 valence electrons. The number of rotatable bonds is 2. The first-order valence-electron chi connectivity index (χ1n) is 4.32. The van der Waals surface area contributed by atoms with Crippen LogP contribution in [0.3, 0.4) is 0 Å². The monoisotopic (exact) mass is 202 g/mol. The minimum Gasteiger partial charge on any atom is -0.477 e. The van der Waals surface area contributed by atoms with Gasteiger partial charge in [-0.05, 0) is 0 Å². The largest absolute Gasteiger partial charge is 0.477 e. The smallest absolute Gasteiger partial charge is 0.231 e. The molecule has 5 heteroatoms. The van der Waals surface area contributed by atoms with E-state index in [1.807, 2.05) is 0 Å². The lowest BCUT2D eigenvalue weighted by Gasteiger charge is -2.14. The highest BCUT2D eigenvalue weighted by Crippen LogP contribution is 2.30. The summed E-state index contributed by atoms with van der Waals surface area (Å²) in [6.07, 6.45) is 1.45. The van der Waals surface area contributed by atoms with Crippen LogP contribution in [0.2, 0.25) is 5.02 Å². The Labute approximate surface area is 81.1 Å². The van der Waals surface area contributed by atoms with Gasteiger partial charge in [0.1, 0.15) is 5.02 Å². The summed E-state index contributed by atoms with van der Waals surface area (Å²) in [6, 6.07) is 0. The summed E-state index contributed by atoms with van der Waals surface area (Å²) >= 11 is 6.00. The summed E-state index contributed by atoms with van der Waals surface area (Å²) in [5.41, 5.74) is 0.723. The number of aliphatic hydroxyl groups is 1. The van der Waals surface area contributed by atoms with Gasteiger partial charge in [0.2, 0.25) is 5.88 Å². The van der Waals surface area contributed by atoms with E-state index in [1.54, 1.807) is 4.68 Å².